The van der Waals surface area contributed by atoms with Crippen molar-refractivity contribution < 1.29 is 17.6 Å². The van der Waals surface area contributed by atoms with Crippen LogP contribution in [0.2, 0.25) is 15.3 Å². The third-order valence-corrected chi connectivity index (χ3v) is 4.45. The zero-order chi connectivity index (χ0) is 20.9. The lowest BCUT2D eigenvalue weighted by atomic mass is 10.3. The first-order valence-corrected chi connectivity index (χ1v) is 8.74. The molecule has 0 amide bonds. The van der Waals surface area contributed by atoms with Crippen molar-refractivity contribution in [1.29, 1.82) is 0 Å². The topological polar surface area (TPSA) is 86.7 Å². The molecule has 0 unspecified atom stereocenters. The Morgan fingerprint density at radius 2 is 1.86 bits per heavy atom. The predicted molar refractivity (Wildman–Crippen MR) is 98.5 cm³/mol. The van der Waals surface area contributed by atoms with E-state index in [1.807, 2.05) is 0 Å². The van der Waals surface area contributed by atoms with Gasteiger partial charge in [-0.25, -0.2) is 24.4 Å². The van der Waals surface area contributed by atoms with E-state index >= 15 is 0 Å². The zero-order valence-corrected chi connectivity index (χ0v) is 16.0. The molecule has 0 saturated carbocycles. The smallest absolute Gasteiger partial charge is 0.401 e. The number of fused-ring (bicyclic) bond motifs is 1. The Morgan fingerprint density at radius 3 is 2.55 bits per heavy atom. The van der Waals surface area contributed by atoms with Crippen LogP contribution in [-0.2, 0) is 6.18 Å². The number of nitrogens with zero attached hydrogens (tertiary/aromatic N) is 5. The third-order valence-electron chi connectivity index (χ3n) is 3.70. The Balaban J connectivity index is 2.04. The molecule has 0 aliphatic rings. The number of alkyl halides is 3. The second kappa shape index (κ2) is 6.97. The predicted octanol–water partition coefficient (Wildman–Crippen LogP) is 4.81. The van der Waals surface area contributed by atoms with Gasteiger partial charge in [0.2, 0.25) is 5.89 Å². The van der Waals surface area contributed by atoms with E-state index in [0.717, 1.165) is 4.68 Å². The van der Waals surface area contributed by atoms with Crippen molar-refractivity contribution in [1.82, 2.24) is 24.7 Å². The van der Waals surface area contributed by atoms with Gasteiger partial charge in [0.15, 0.2) is 16.7 Å². The lowest BCUT2D eigenvalue weighted by Crippen LogP contribution is -2.09. The second-order valence-corrected chi connectivity index (χ2v) is 6.72. The molecular weight excluding hydrogens is 458 g/mol. The van der Waals surface area contributed by atoms with Gasteiger partial charge in [-0.05, 0) is 18.2 Å². The molecule has 0 aromatic carbocycles. The minimum Gasteiger partial charge on any atom is -0.401 e. The Labute approximate surface area is 173 Å². The Hall–Kier alpha value is -2.69. The van der Waals surface area contributed by atoms with Crippen molar-refractivity contribution >= 4 is 45.7 Å². The van der Waals surface area contributed by atoms with Crippen LogP contribution in [0.5, 0.6) is 0 Å². The number of pyridine rings is 2. The average molecular weight is 463 g/mol. The molecule has 13 heteroatoms. The van der Waals surface area contributed by atoms with Crippen LogP contribution in [0.3, 0.4) is 0 Å². The summed E-state index contributed by atoms with van der Waals surface area (Å²) in [5, 5.41) is 3.14. The monoisotopic (exact) mass is 461 g/mol. The largest absolute Gasteiger partial charge is 0.435 e. The van der Waals surface area contributed by atoms with Gasteiger partial charge in [-0.2, -0.15) is 18.3 Å². The Morgan fingerprint density at radius 1 is 1.10 bits per heavy atom. The molecule has 4 heterocycles. The molecule has 7 nitrogen and oxygen atoms in total. The SMILES string of the molecule is O=c1oc(-c2cc(C(F)(F)F)nn2-c2ncccc2Cl)nc2c(Cl)nc(Cl)cc12. The summed E-state index contributed by atoms with van der Waals surface area (Å²) in [5.74, 6) is -0.609. The molecule has 0 bridgehead atoms. The van der Waals surface area contributed by atoms with E-state index in [0.29, 0.717) is 6.07 Å². The van der Waals surface area contributed by atoms with Gasteiger partial charge in [0.05, 0.1) is 10.4 Å². The van der Waals surface area contributed by atoms with Crippen LogP contribution in [0.15, 0.2) is 39.7 Å². The quantitative estimate of drug-likeness (QED) is 0.397. The number of hydrogen-bond acceptors (Lipinski definition) is 6. The molecule has 4 aromatic heterocycles. The van der Waals surface area contributed by atoms with Gasteiger partial charge in [-0.1, -0.05) is 34.8 Å². The van der Waals surface area contributed by atoms with Gasteiger partial charge in [-0.15, -0.1) is 0 Å². The Bertz CT molecular complexity index is 1320. The van der Waals surface area contributed by atoms with Crippen LogP contribution < -0.4 is 5.63 Å². The summed E-state index contributed by atoms with van der Waals surface area (Å²) < 4.78 is 45.7. The normalized spacial score (nSPS) is 11.9. The zero-order valence-electron chi connectivity index (χ0n) is 13.7. The summed E-state index contributed by atoms with van der Waals surface area (Å²) in [6.45, 7) is 0. The van der Waals surface area contributed by atoms with Crippen LogP contribution in [0.25, 0.3) is 28.3 Å². The van der Waals surface area contributed by atoms with Gasteiger partial charge >= 0.3 is 11.8 Å². The van der Waals surface area contributed by atoms with Gasteiger partial charge in [0.1, 0.15) is 16.4 Å². The highest BCUT2D eigenvalue weighted by Gasteiger charge is 2.36. The fourth-order valence-corrected chi connectivity index (χ4v) is 3.16. The molecule has 0 aliphatic carbocycles. The van der Waals surface area contributed by atoms with Gasteiger partial charge < -0.3 is 4.42 Å². The summed E-state index contributed by atoms with van der Waals surface area (Å²) in [6, 6.07) is 4.73. The van der Waals surface area contributed by atoms with Crippen molar-refractivity contribution in [3.63, 3.8) is 0 Å². The van der Waals surface area contributed by atoms with Gasteiger partial charge in [-0.3, -0.25) is 0 Å². The summed E-state index contributed by atoms with van der Waals surface area (Å²) in [4.78, 5) is 24.1. The highest BCUT2D eigenvalue weighted by Crippen LogP contribution is 2.34. The molecule has 0 radical (unpaired) electrons. The highest BCUT2D eigenvalue weighted by atomic mass is 35.5. The molecule has 4 rings (SSSR count). The van der Waals surface area contributed by atoms with Crippen LogP contribution in [0.1, 0.15) is 5.69 Å². The molecule has 0 saturated heterocycles. The first-order valence-electron chi connectivity index (χ1n) is 7.60. The maximum absolute atomic E-state index is 13.3. The van der Waals surface area contributed by atoms with Crippen molar-refractivity contribution in [3.05, 3.63) is 61.9 Å². The van der Waals surface area contributed by atoms with Gasteiger partial charge in [0, 0.05) is 12.3 Å². The van der Waals surface area contributed by atoms with Crippen LogP contribution in [0.4, 0.5) is 13.2 Å². The summed E-state index contributed by atoms with van der Waals surface area (Å²) in [7, 11) is 0. The molecule has 0 atom stereocenters. The lowest BCUT2D eigenvalue weighted by Gasteiger charge is -2.07. The van der Waals surface area contributed by atoms with E-state index in [9.17, 15) is 18.0 Å². The number of rotatable bonds is 2. The third kappa shape index (κ3) is 3.54. The molecular formula is C16H5Cl3F3N5O2. The number of hydrogen-bond donors (Lipinski definition) is 0. The van der Waals surface area contributed by atoms with E-state index in [2.05, 4.69) is 20.1 Å². The molecule has 0 fully saturated rings. The van der Waals surface area contributed by atoms with E-state index in [1.165, 1.54) is 24.4 Å². The lowest BCUT2D eigenvalue weighted by molar-refractivity contribution is -0.141. The number of aromatic nitrogens is 5. The fourth-order valence-electron chi connectivity index (χ4n) is 2.48. The molecule has 0 aliphatic heterocycles. The first kappa shape index (κ1) is 19.6. The van der Waals surface area contributed by atoms with Crippen molar-refractivity contribution in [3.8, 4) is 17.4 Å². The van der Waals surface area contributed by atoms with E-state index in [-0.39, 0.29) is 37.7 Å². The van der Waals surface area contributed by atoms with Crippen molar-refractivity contribution in [2.45, 2.75) is 6.18 Å². The summed E-state index contributed by atoms with van der Waals surface area (Å²) in [5.41, 5.74) is -2.61. The highest BCUT2D eigenvalue weighted by molar-refractivity contribution is 6.36. The van der Waals surface area contributed by atoms with Gasteiger partial charge in [0.25, 0.3) is 0 Å². The molecule has 29 heavy (non-hydrogen) atoms. The molecule has 0 spiro atoms. The van der Waals surface area contributed by atoms with Crippen LogP contribution in [0, 0.1) is 0 Å². The minimum absolute atomic E-state index is 0.0141. The average Bonchev–Trinajstić information content (AvgIpc) is 3.08. The first-order chi connectivity index (χ1) is 13.6. The maximum atomic E-state index is 13.3. The molecule has 148 valence electrons. The van der Waals surface area contributed by atoms with Crippen molar-refractivity contribution in [2.24, 2.45) is 0 Å². The minimum atomic E-state index is -4.79. The maximum Gasteiger partial charge on any atom is 0.435 e. The van der Waals surface area contributed by atoms with E-state index in [1.54, 1.807) is 0 Å². The standard InChI is InChI=1S/C16H5Cl3F3N5O2/c17-7-2-1-3-23-13(7)27-8(5-9(26-27)16(20,21)22)14-25-11-6(15(28)29-14)4-10(18)24-12(11)19/h1-5H. The molecule has 4 aromatic rings. The van der Waals surface area contributed by atoms with Crippen molar-refractivity contribution in [2.75, 3.05) is 0 Å². The van der Waals surface area contributed by atoms with Crippen LogP contribution >= 0.6 is 34.8 Å². The molecule has 0 N–H and O–H groups in total. The number of halogens is 6. The second-order valence-electron chi connectivity index (χ2n) is 5.57. The van der Waals surface area contributed by atoms with E-state index < -0.39 is 23.4 Å². The summed E-state index contributed by atoms with van der Waals surface area (Å²) >= 11 is 17.8. The van der Waals surface area contributed by atoms with Crippen LogP contribution in [-0.4, -0.2) is 24.7 Å². The fraction of sp³-hybridized carbons (Fsp3) is 0.0625. The summed E-state index contributed by atoms with van der Waals surface area (Å²) in [6.07, 6.45) is -3.47. The van der Waals surface area contributed by atoms with E-state index in [4.69, 9.17) is 39.2 Å². The Kier molecular flexibility index (Phi) is 4.72.